The third-order valence-corrected chi connectivity index (χ3v) is 6.77. The molecule has 0 unspecified atom stereocenters. The molecule has 4 rings (SSSR count). The van der Waals surface area contributed by atoms with Crippen LogP contribution in [0.15, 0.2) is 59.5 Å². The Morgan fingerprint density at radius 2 is 1.69 bits per heavy atom. The number of hydrogen-bond donors (Lipinski definition) is 0. The van der Waals surface area contributed by atoms with Crippen LogP contribution in [0.3, 0.4) is 0 Å². The molecule has 0 saturated carbocycles. The third-order valence-electron chi connectivity index (χ3n) is 4.89. The number of hydrogen-bond acceptors (Lipinski definition) is 5. The number of fused-ring (bicyclic) bond motifs is 3. The van der Waals surface area contributed by atoms with E-state index in [0.717, 1.165) is 30.6 Å². The van der Waals surface area contributed by atoms with E-state index in [-0.39, 0.29) is 11.4 Å². The Bertz CT molecular complexity index is 1250. The molecule has 0 bridgehead atoms. The standard InChI is InChI=1S/C21H23N5O2S/c1-3-5-15-19-23-24-21-20(22-17-13-9-10-14-18(17)26(19)21)25(4-2)29(27,28)16-11-7-6-8-12-16/h6-14H,3-5,15H2,1-2H3. The topological polar surface area (TPSA) is 80.5 Å². The maximum atomic E-state index is 13.4. The predicted molar refractivity (Wildman–Crippen MR) is 114 cm³/mol. The number of rotatable bonds is 7. The minimum absolute atomic E-state index is 0.223. The van der Waals surface area contributed by atoms with E-state index in [1.807, 2.05) is 28.7 Å². The van der Waals surface area contributed by atoms with E-state index in [1.54, 1.807) is 37.3 Å². The van der Waals surface area contributed by atoms with Gasteiger partial charge in [-0.25, -0.2) is 17.7 Å². The van der Waals surface area contributed by atoms with E-state index in [9.17, 15) is 8.42 Å². The summed E-state index contributed by atoms with van der Waals surface area (Å²) in [7, 11) is -3.78. The van der Waals surface area contributed by atoms with Gasteiger partial charge in [-0.3, -0.25) is 4.40 Å². The highest BCUT2D eigenvalue weighted by atomic mass is 32.2. The van der Waals surface area contributed by atoms with E-state index >= 15 is 0 Å². The average Bonchev–Trinajstić information content (AvgIpc) is 3.18. The van der Waals surface area contributed by atoms with Crippen molar-refractivity contribution in [2.24, 2.45) is 0 Å². The number of unbranched alkanes of at least 4 members (excludes halogenated alkanes) is 1. The number of aryl methyl sites for hydroxylation is 1. The SMILES string of the molecule is CCCCc1nnc2c(N(CC)S(=O)(=O)c3ccccc3)nc3ccccc3n12. The first-order valence-electron chi connectivity index (χ1n) is 9.78. The number of sulfonamides is 1. The first-order valence-corrected chi connectivity index (χ1v) is 11.2. The molecule has 0 fully saturated rings. The fourth-order valence-electron chi connectivity index (χ4n) is 3.44. The molecule has 0 N–H and O–H groups in total. The average molecular weight is 410 g/mol. The number of para-hydroxylation sites is 2. The minimum atomic E-state index is -3.78. The molecule has 0 spiro atoms. The second kappa shape index (κ2) is 7.79. The molecule has 0 aliphatic rings. The van der Waals surface area contributed by atoms with Gasteiger partial charge in [-0.15, -0.1) is 10.2 Å². The predicted octanol–water partition coefficient (Wildman–Crippen LogP) is 3.84. The Hall–Kier alpha value is -3.00. The van der Waals surface area contributed by atoms with Crippen molar-refractivity contribution in [1.82, 2.24) is 19.6 Å². The highest BCUT2D eigenvalue weighted by Gasteiger charge is 2.28. The minimum Gasteiger partial charge on any atom is -0.274 e. The van der Waals surface area contributed by atoms with Crippen LogP contribution in [0, 0.1) is 0 Å². The van der Waals surface area contributed by atoms with Crippen molar-refractivity contribution in [3.05, 3.63) is 60.4 Å². The molecule has 0 atom stereocenters. The van der Waals surface area contributed by atoms with Crippen LogP contribution in [-0.4, -0.2) is 34.5 Å². The van der Waals surface area contributed by atoms with Gasteiger partial charge in [-0.2, -0.15) is 0 Å². The first kappa shape index (κ1) is 19.3. The second-order valence-corrected chi connectivity index (χ2v) is 8.65. The Balaban J connectivity index is 1.98. The second-order valence-electron chi connectivity index (χ2n) is 6.79. The molecule has 0 aliphatic carbocycles. The summed E-state index contributed by atoms with van der Waals surface area (Å²) in [5, 5.41) is 8.71. The van der Waals surface area contributed by atoms with E-state index in [0.29, 0.717) is 17.0 Å². The van der Waals surface area contributed by atoms with Gasteiger partial charge in [-0.05, 0) is 37.6 Å². The van der Waals surface area contributed by atoms with Crippen LogP contribution in [0.2, 0.25) is 0 Å². The zero-order valence-electron chi connectivity index (χ0n) is 16.5. The molecule has 29 heavy (non-hydrogen) atoms. The molecule has 2 aromatic carbocycles. The van der Waals surface area contributed by atoms with Crippen molar-refractivity contribution >= 4 is 32.5 Å². The molecule has 7 nitrogen and oxygen atoms in total. The van der Waals surface area contributed by atoms with E-state index in [1.165, 1.54) is 4.31 Å². The van der Waals surface area contributed by atoms with Crippen molar-refractivity contribution in [2.45, 2.75) is 38.0 Å². The number of benzene rings is 2. The lowest BCUT2D eigenvalue weighted by atomic mass is 10.2. The van der Waals surface area contributed by atoms with Crippen LogP contribution >= 0.6 is 0 Å². The Labute approximate surface area is 170 Å². The Morgan fingerprint density at radius 1 is 0.966 bits per heavy atom. The smallest absolute Gasteiger partial charge is 0.265 e. The number of anilines is 1. The molecule has 0 aliphatic heterocycles. The van der Waals surface area contributed by atoms with Crippen molar-refractivity contribution in [2.75, 3.05) is 10.8 Å². The number of nitrogens with zero attached hydrogens (tertiary/aromatic N) is 5. The quantitative estimate of drug-likeness (QED) is 0.463. The van der Waals surface area contributed by atoms with Gasteiger partial charge < -0.3 is 0 Å². The third kappa shape index (κ3) is 3.33. The fourth-order valence-corrected chi connectivity index (χ4v) is 4.89. The summed E-state index contributed by atoms with van der Waals surface area (Å²) in [6.07, 6.45) is 2.78. The summed E-state index contributed by atoms with van der Waals surface area (Å²) in [5.41, 5.74) is 2.03. The Morgan fingerprint density at radius 3 is 2.41 bits per heavy atom. The van der Waals surface area contributed by atoms with Gasteiger partial charge in [0.1, 0.15) is 5.82 Å². The highest BCUT2D eigenvalue weighted by molar-refractivity contribution is 7.92. The van der Waals surface area contributed by atoms with Crippen molar-refractivity contribution in [3.8, 4) is 0 Å². The lowest BCUT2D eigenvalue weighted by Gasteiger charge is -2.22. The summed E-state index contributed by atoms with van der Waals surface area (Å²) in [6, 6.07) is 16.1. The molecular weight excluding hydrogens is 386 g/mol. The Kier molecular flexibility index (Phi) is 5.19. The van der Waals surface area contributed by atoms with Crippen LogP contribution in [0.1, 0.15) is 32.5 Å². The first-order chi connectivity index (χ1) is 14.1. The van der Waals surface area contributed by atoms with E-state index < -0.39 is 10.0 Å². The zero-order chi connectivity index (χ0) is 20.4. The summed E-state index contributed by atoms with van der Waals surface area (Å²) >= 11 is 0. The number of aromatic nitrogens is 4. The molecule has 2 heterocycles. The van der Waals surface area contributed by atoms with Crippen LogP contribution in [0.4, 0.5) is 5.82 Å². The largest absolute Gasteiger partial charge is 0.274 e. The zero-order valence-corrected chi connectivity index (χ0v) is 17.3. The van der Waals surface area contributed by atoms with E-state index in [2.05, 4.69) is 22.1 Å². The van der Waals surface area contributed by atoms with Gasteiger partial charge in [0.05, 0.1) is 15.9 Å². The summed E-state index contributed by atoms with van der Waals surface area (Å²) in [5.74, 6) is 1.11. The van der Waals surface area contributed by atoms with Gasteiger partial charge in [-0.1, -0.05) is 43.7 Å². The van der Waals surface area contributed by atoms with Crippen molar-refractivity contribution in [1.29, 1.82) is 0 Å². The molecule has 0 radical (unpaired) electrons. The normalized spacial score (nSPS) is 11.9. The van der Waals surface area contributed by atoms with Gasteiger partial charge in [0.2, 0.25) is 5.65 Å². The van der Waals surface area contributed by atoms with E-state index in [4.69, 9.17) is 0 Å². The summed E-state index contributed by atoms with van der Waals surface area (Å²) < 4.78 is 30.0. The van der Waals surface area contributed by atoms with Crippen LogP contribution in [-0.2, 0) is 16.4 Å². The van der Waals surface area contributed by atoms with Gasteiger partial charge in [0.15, 0.2) is 5.82 Å². The van der Waals surface area contributed by atoms with Gasteiger partial charge in [0, 0.05) is 13.0 Å². The van der Waals surface area contributed by atoms with Crippen molar-refractivity contribution in [3.63, 3.8) is 0 Å². The summed E-state index contributed by atoms with van der Waals surface area (Å²) in [6.45, 7) is 4.15. The molecule has 8 heteroatoms. The van der Waals surface area contributed by atoms with Crippen LogP contribution < -0.4 is 4.31 Å². The maximum Gasteiger partial charge on any atom is 0.265 e. The van der Waals surface area contributed by atoms with Crippen LogP contribution in [0.25, 0.3) is 16.7 Å². The van der Waals surface area contributed by atoms with Gasteiger partial charge >= 0.3 is 0 Å². The highest BCUT2D eigenvalue weighted by Crippen LogP contribution is 2.29. The fraction of sp³-hybridized carbons (Fsp3) is 0.286. The van der Waals surface area contributed by atoms with Gasteiger partial charge in [0.25, 0.3) is 10.0 Å². The lowest BCUT2D eigenvalue weighted by molar-refractivity contribution is 0.591. The molecular formula is C21H23N5O2S. The molecule has 0 amide bonds. The molecule has 2 aromatic heterocycles. The summed E-state index contributed by atoms with van der Waals surface area (Å²) in [4.78, 5) is 4.91. The van der Waals surface area contributed by atoms with Crippen molar-refractivity contribution < 1.29 is 8.42 Å². The molecule has 0 saturated heterocycles. The molecule has 150 valence electrons. The van der Waals surface area contributed by atoms with Crippen LogP contribution in [0.5, 0.6) is 0 Å². The maximum absolute atomic E-state index is 13.4. The lowest BCUT2D eigenvalue weighted by Crippen LogP contribution is -2.32. The monoisotopic (exact) mass is 409 g/mol. The molecule has 4 aromatic rings.